The lowest BCUT2D eigenvalue weighted by Crippen LogP contribution is -2.00. The van der Waals surface area contributed by atoms with Gasteiger partial charge in [-0.25, -0.2) is 0 Å². The average Bonchev–Trinajstić information content (AvgIpc) is 3.40. The van der Waals surface area contributed by atoms with Crippen molar-refractivity contribution < 1.29 is 9.45 Å². The highest BCUT2D eigenvalue weighted by Gasteiger charge is 2.16. The molecule has 0 saturated heterocycles. The molecule has 3 heterocycles. The molecule has 3 aromatic heterocycles. The first-order chi connectivity index (χ1) is 14.7. The molecular weight excluding hydrogens is 406 g/mol. The summed E-state index contributed by atoms with van der Waals surface area (Å²) in [6.45, 7) is 4.34. The second-order valence-corrected chi connectivity index (χ2v) is 6.99. The molecule has 10 nitrogen and oxygen atoms in total. The lowest BCUT2D eigenvalue weighted by Gasteiger charge is -2.06. The van der Waals surface area contributed by atoms with Crippen LogP contribution in [0.2, 0.25) is 0 Å². The number of nitro groups is 1. The van der Waals surface area contributed by atoms with Crippen molar-refractivity contribution in [3.8, 4) is 22.8 Å². The molecule has 0 unspecified atom stereocenters. The Balaban J connectivity index is 1.52. The number of thioether (sulfide) groups is 1. The molecule has 0 N–H and O–H groups in total. The van der Waals surface area contributed by atoms with Gasteiger partial charge in [0.05, 0.1) is 10.7 Å². The molecule has 0 saturated carbocycles. The average molecular weight is 421 g/mol. The minimum absolute atomic E-state index is 0.0330. The summed E-state index contributed by atoms with van der Waals surface area (Å²) in [5, 5.41) is 24.1. The van der Waals surface area contributed by atoms with Crippen LogP contribution in [0.15, 0.2) is 71.1 Å². The second-order valence-electron chi connectivity index (χ2n) is 6.05. The fourth-order valence-electron chi connectivity index (χ4n) is 2.72. The van der Waals surface area contributed by atoms with Gasteiger partial charge in [0.2, 0.25) is 11.7 Å². The normalized spacial score (nSPS) is 10.8. The van der Waals surface area contributed by atoms with Gasteiger partial charge in [-0.05, 0) is 12.1 Å². The Hall–Kier alpha value is -3.86. The molecule has 4 aromatic rings. The van der Waals surface area contributed by atoms with Crippen LogP contribution in [0.4, 0.5) is 5.69 Å². The highest BCUT2D eigenvalue weighted by molar-refractivity contribution is 7.98. The number of rotatable bonds is 8. The summed E-state index contributed by atoms with van der Waals surface area (Å²) in [5.74, 6) is 1.75. The van der Waals surface area contributed by atoms with E-state index >= 15 is 0 Å². The zero-order valence-corrected chi connectivity index (χ0v) is 16.4. The van der Waals surface area contributed by atoms with Gasteiger partial charge in [-0.15, -0.1) is 16.8 Å². The van der Waals surface area contributed by atoms with E-state index in [2.05, 4.69) is 31.9 Å². The van der Waals surface area contributed by atoms with Crippen molar-refractivity contribution in [2.75, 3.05) is 0 Å². The van der Waals surface area contributed by atoms with Gasteiger partial charge in [0.15, 0.2) is 11.0 Å². The van der Waals surface area contributed by atoms with Gasteiger partial charge < -0.3 is 4.52 Å². The number of nitro benzene ring substituents is 1. The first-order valence-electron chi connectivity index (χ1n) is 8.80. The van der Waals surface area contributed by atoms with Gasteiger partial charge in [-0.1, -0.05) is 35.1 Å². The zero-order valence-electron chi connectivity index (χ0n) is 15.6. The van der Waals surface area contributed by atoms with E-state index in [0.29, 0.717) is 40.6 Å². The number of non-ortho nitro benzene ring substituents is 1. The van der Waals surface area contributed by atoms with Gasteiger partial charge in [0, 0.05) is 42.2 Å². The Labute approximate surface area is 174 Å². The van der Waals surface area contributed by atoms with Gasteiger partial charge in [-0.2, -0.15) is 4.98 Å². The van der Waals surface area contributed by atoms with E-state index in [1.807, 2.05) is 16.7 Å². The molecule has 150 valence electrons. The van der Waals surface area contributed by atoms with Crippen molar-refractivity contribution in [2.24, 2.45) is 0 Å². The monoisotopic (exact) mass is 421 g/mol. The molecule has 0 aliphatic carbocycles. The Morgan fingerprint density at radius 2 is 2.03 bits per heavy atom. The third-order valence-electron chi connectivity index (χ3n) is 4.08. The van der Waals surface area contributed by atoms with Gasteiger partial charge >= 0.3 is 0 Å². The smallest absolute Gasteiger partial charge is 0.270 e. The van der Waals surface area contributed by atoms with Crippen LogP contribution < -0.4 is 0 Å². The molecule has 4 rings (SSSR count). The number of aromatic nitrogens is 6. The minimum atomic E-state index is -0.465. The standard InChI is InChI=1S/C19H15N7O3S/c1-2-10-25-18(13-6-8-20-9-7-13)22-23-19(25)30-12-16-21-17(24-29-16)14-4-3-5-15(11-14)26(27)28/h2-9,11H,1,10,12H2. The summed E-state index contributed by atoms with van der Waals surface area (Å²) in [7, 11) is 0. The number of hydrogen-bond acceptors (Lipinski definition) is 9. The van der Waals surface area contributed by atoms with Crippen LogP contribution >= 0.6 is 11.8 Å². The van der Waals surface area contributed by atoms with Gasteiger partial charge in [0.1, 0.15) is 0 Å². The number of nitrogens with zero attached hydrogens (tertiary/aromatic N) is 7. The number of benzene rings is 1. The van der Waals surface area contributed by atoms with Crippen LogP contribution in [0, 0.1) is 10.1 Å². The fourth-order valence-corrected chi connectivity index (χ4v) is 3.50. The van der Waals surface area contributed by atoms with Crippen molar-refractivity contribution in [2.45, 2.75) is 17.5 Å². The fraction of sp³-hybridized carbons (Fsp3) is 0.105. The van der Waals surface area contributed by atoms with Crippen LogP contribution in [0.5, 0.6) is 0 Å². The van der Waals surface area contributed by atoms with Crippen LogP contribution in [-0.4, -0.2) is 34.8 Å². The summed E-state index contributed by atoms with van der Waals surface area (Å²) in [4.78, 5) is 18.8. The lowest BCUT2D eigenvalue weighted by molar-refractivity contribution is -0.384. The van der Waals surface area contributed by atoms with E-state index < -0.39 is 4.92 Å². The largest absolute Gasteiger partial charge is 0.338 e. The molecule has 0 aliphatic rings. The molecule has 0 atom stereocenters. The van der Waals surface area contributed by atoms with Crippen molar-refractivity contribution in [3.05, 3.63) is 77.5 Å². The third kappa shape index (κ3) is 4.10. The van der Waals surface area contributed by atoms with Crippen LogP contribution in [0.25, 0.3) is 22.8 Å². The molecule has 11 heteroatoms. The summed E-state index contributed by atoms with van der Waals surface area (Å²) in [5.41, 5.74) is 1.38. The topological polar surface area (TPSA) is 126 Å². The molecule has 30 heavy (non-hydrogen) atoms. The van der Waals surface area contributed by atoms with Crippen LogP contribution in [0.1, 0.15) is 5.89 Å². The van der Waals surface area contributed by atoms with E-state index in [9.17, 15) is 10.1 Å². The Bertz CT molecular complexity index is 1190. The maximum Gasteiger partial charge on any atom is 0.270 e. The predicted molar refractivity (Wildman–Crippen MR) is 109 cm³/mol. The van der Waals surface area contributed by atoms with E-state index in [1.54, 1.807) is 30.6 Å². The maximum atomic E-state index is 11.0. The van der Waals surface area contributed by atoms with E-state index in [0.717, 1.165) is 5.56 Å². The Morgan fingerprint density at radius 3 is 2.80 bits per heavy atom. The number of allylic oxidation sites excluding steroid dienone is 1. The molecule has 0 bridgehead atoms. The number of pyridine rings is 1. The van der Waals surface area contributed by atoms with Gasteiger partial charge in [0.25, 0.3) is 5.69 Å². The molecule has 0 spiro atoms. The third-order valence-corrected chi connectivity index (χ3v) is 5.03. The molecule has 0 fully saturated rings. The van der Waals surface area contributed by atoms with Crippen molar-refractivity contribution in [3.63, 3.8) is 0 Å². The van der Waals surface area contributed by atoms with Crippen LogP contribution in [0.3, 0.4) is 0 Å². The van der Waals surface area contributed by atoms with Crippen molar-refractivity contribution >= 4 is 17.4 Å². The van der Waals surface area contributed by atoms with Crippen LogP contribution in [-0.2, 0) is 12.3 Å². The first-order valence-corrected chi connectivity index (χ1v) is 9.79. The Morgan fingerprint density at radius 1 is 1.20 bits per heavy atom. The summed E-state index contributed by atoms with van der Waals surface area (Å²) >= 11 is 1.39. The van der Waals surface area contributed by atoms with E-state index in [4.69, 9.17) is 4.52 Å². The molecule has 1 aromatic carbocycles. The van der Waals surface area contributed by atoms with E-state index in [-0.39, 0.29) is 5.69 Å². The minimum Gasteiger partial charge on any atom is -0.338 e. The summed E-state index contributed by atoms with van der Waals surface area (Å²) in [6, 6.07) is 9.81. The molecular formula is C19H15N7O3S. The predicted octanol–water partition coefficient (Wildman–Crippen LogP) is 3.78. The lowest BCUT2D eigenvalue weighted by atomic mass is 10.2. The van der Waals surface area contributed by atoms with Crippen molar-refractivity contribution in [1.82, 2.24) is 29.9 Å². The second kappa shape index (κ2) is 8.66. The summed E-state index contributed by atoms with van der Waals surface area (Å²) in [6.07, 6.45) is 5.16. The SMILES string of the molecule is C=CCn1c(SCc2nc(-c3cccc([N+](=O)[O-])c3)no2)nnc1-c1ccncc1. The summed E-state index contributed by atoms with van der Waals surface area (Å²) < 4.78 is 7.23. The zero-order chi connectivity index (χ0) is 20.9. The molecule has 0 amide bonds. The molecule has 0 radical (unpaired) electrons. The first kappa shape index (κ1) is 19.5. The van der Waals surface area contributed by atoms with Gasteiger partial charge in [-0.3, -0.25) is 19.7 Å². The van der Waals surface area contributed by atoms with Crippen molar-refractivity contribution in [1.29, 1.82) is 0 Å². The molecule has 0 aliphatic heterocycles. The van der Waals surface area contributed by atoms with E-state index in [1.165, 1.54) is 23.9 Å². The highest BCUT2D eigenvalue weighted by atomic mass is 32.2. The Kier molecular flexibility index (Phi) is 5.61. The number of hydrogen-bond donors (Lipinski definition) is 0. The highest BCUT2D eigenvalue weighted by Crippen LogP contribution is 2.27. The quantitative estimate of drug-likeness (QED) is 0.181. The maximum absolute atomic E-state index is 11.0.